The Morgan fingerprint density at radius 2 is 1.83 bits per heavy atom. The van der Waals surface area contributed by atoms with Gasteiger partial charge in [-0.15, -0.1) is 0 Å². The lowest BCUT2D eigenvalue weighted by Crippen LogP contribution is -2.24. The van der Waals surface area contributed by atoms with Crippen LogP contribution in [0.4, 0.5) is 0 Å². The van der Waals surface area contributed by atoms with Crippen molar-refractivity contribution in [1.82, 2.24) is 0 Å². The second-order valence-electron chi connectivity index (χ2n) is 3.41. The van der Waals surface area contributed by atoms with E-state index in [0.717, 1.165) is 13.0 Å². The van der Waals surface area contributed by atoms with E-state index in [4.69, 9.17) is 4.74 Å². The molecule has 0 aromatic carbocycles. The fourth-order valence-electron chi connectivity index (χ4n) is 1.48. The first-order valence-electron chi connectivity index (χ1n) is 4.84. The minimum absolute atomic E-state index is 0.376. The molecule has 0 aliphatic rings. The van der Waals surface area contributed by atoms with Gasteiger partial charge < -0.3 is 4.74 Å². The zero-order valence-electron chi connectivity index (χ0n) is 8.89. The quantitative estimate of drug-likeness (QED) is 0.555. The topological polar surface area (TPSA) is 9.23 Å². The average Bonchev–Trinajstić information content (AvgIpc) is 2.13. The fraction of sp³-hybridized carbons (Fsp3) is 0.818. The highest BCUT2D eigenvalue weighted by Gasteiger charge is 2.24. The van der Waals surface area contributed by atoms with E-state index in [2.05, 4.69) is 32.9 Å². The Hall–Kier alpha value is -0.300. The van der Waals surface area contributed by atoms with Crippen LogP contribution in [0.15, 0.2) is 12.2 Å². The fourth-order valence-corrected chi connectivity index (χ4v) is 1.48. The summed E-state index contributed by atoms with van der Waals surface area (Å²) < 4.78 is 5.25. The highest BCUT2D eigenvalue weighted by atomic mass is 16.5. The molecule has 0 aromatic heterocycles. The maximum Gasteiger partial charge on any atom is 0.0521 e. The average molecular weight is 170 g/mol. The van der Waals surface area contributed by atoms with Crippen molar-refractivity contribution in [3.63, 3.8) is 0 Å². The van der Waals surface area contributed by atoms with Crippen LogP contribution in [0, 0.1) is 5.41 Å². The van der Waals surface area contributed by atoms with E-state index < -0.39 is 0 Å². The Bertz CT molecular complexity index is 123. The van der Waals surface area contributed by atoms with Crippen molar-refractivity contribution in [3.8, 4) is 0 Å². The van der Waals surface area contributed by atoms with Gasteiger partial charge in [0, 0.05) is 7.11 Å². The summed E-state index contributed by atoms with van der Waals surface area (Å²) >= 11 is 0. The first-order chi connectivity index (χ1) is 5.74. The first kappa shape index (κ1) is 11.7. The van der Waals surface area contributed by atoms with Crippen molar-refractivity contribution in [3.05, 3.63) is 12.2 Å². The molecule has 0 rings (SSSR count). The van der Waals surface area contributed by atoms with Crippen LogP contribution in [0.3, 0.4) is 0 Å². The molecule has 1 heteroatoms. The van der Waals surface area contributed by atoms with Crippen LogP contribution in [0.1, 0.15) is 40.0 Å². The molecule has 0 N–H and O–H groups in total. The molecule has 0 fully saturated rings. The molecule has 0 aromatic rings. The minimum Gasteiger partial charge on any atom is -0.384 e. The Balaban J connectivity index is 4.13. The van der Waals surface area contributed by atoms with Gasteiger partial charge in [0.15, 0.2) is 0 Å². The van der Waals surface area contributed by atoms with Crippen LogP contribution >= 0.6 is 0 Å². The number of methoxy groups -OCH3 is 1. The first-order valence-corrected chi connectivity index (χ1v) is 4.84. The van der Waals surface area contributed by atoms with Gasteiger partial charge in [0.05, 0.1) is 6.61 Å². The summed E-state index contributed by atoms with van der Waals surface area (Å²) in [6.45, 7) is 7.44. The van der Waals surface area contributed by atoms with E-state index in [1.54, 1.807) is 7.11 Å². The van der Waals surface area contributed by atoms with Gasteiger partial charge in [0.1, 0.15) is 0 Å². The maximum absolute atomic E-state index is 5.25. The molecule has 0 atom stereocenters. The normalized spacial score (nSPS) is 12.7. The summed E-state index contributed by atoms with van der Waals surface area (Å²) in [4.78, 5) is 0. The Labute approximate surface area is 76.8 Å². The van der Waals surface area contributed by atoms with E-state index >= 15 is 0 Å². The summed E-state index contributed by atoms with van der Waals surface area (Å²) in [5.74, 6) is 0. The molecule has 0 radical (unpaired) electrons. The molecular weight excluding hydrogens is 148 g/mol. The highest BCUT2D eigenvalue weighted by Crippen LogP contribution is 2.31. The van der Waals surface area contributed by atoms with Gasteiger partial charge in [-0.2, -0.15) is 0 Å². The highest BCUT2D eigenvalue weighted by molar-refractivity contribution is 4.88. The Morgan fingerprint density at radius 3 is 2.17 bits per heavy atom. The van der Waals surface area contributed by atoms with Crippen molar-refractivity contribution >= 4 is 0 Å². The van der Waals surface area contributed by atoms with Gasteiger partial charge in [-0.3, -0.25) is 0 Å². The van der Waals surface area contributed by atoms with Crippen LogP contribution in [0.5, 0.6) is 0 Å². The Kier molecular flexibility index (Phi) is 6.09. The SMILES string of the molecule is C/C=C/CC(CC)(CC)COC. The van der Waals surface area contributed by atoms with Crippen LogP contribution in [-0.2, 0) is 4.74 Å². The summed E-state index contributed by atoms with van der Waals surface area (Å²) in [5.41, 5.74) is 0.376. The zero-order chi connectivity index (χ0) is 9.45. The number of rotatable bonds is 6. The number of ether oxygens (including phenoxy) is 1. The van der Waals surface area contributed by atoms with E-state index in [1.807, 2.05) is 0 Å². The smallest absolute Gasteiger partial charge is 0.0521 e. The molecule has 0 aliphatic carbocycles. The van der Waals surface area contributed by atoms with Gasteiger partial charge in [0.25, 0.3) is 0 Å². The van der Waals surface area contributed by atoms with Crippen LogP contribution in [-0.4, -0.2) is 13.7 Å². The predicted molar refractivity (Wildman–Crippen MR) is 54.3 cm³/mol. The third kappa shape index (κ3) is 3.40. The molecule has 72 valence electrons. The second-order valence-corrected chi connectivity index (χ2v) is 3.41. The third-order valence-electron chi connectivity index (χ3n) is 2.74. The monoisotopic (exact) mass is 170 g/mol. The summed E-state index contributed by atoms with van der Waals surface area (Å²) in [7, 11) is 1.79. The molecule has 0 spiro atoms. The lowest BCUT2D eigenvalue weighted by molar-refractivity contribution is 0.0742. The molecule has 0 amide bonds. The molecule has 1 nitrogen and oxygen atoms in total. The van der Waals surface area contributed by atoms with Gasteiger partial charge in [-0.1, -0.05) is 26.0 Å². The van der Waals surface area contributed by atoms with E-state index in [0.29, 0.717) is 5.41 Å². The molecular formula is C11H22O. The lowest BCUT2D eigenvalue weighted by Gasteiger charge is -2.29. The predicted octanol–water partition coefficient (Wildman–Crippen LogP) is 3.41. The lowest BCUT2D eigenvalue weighted by atomic mass is 9.80. The number of allylic oxidation sites excluding steroid dienone is 2. The number of hydrogen-bond acceptors (Lipinski definition) is 1. The van der Waals surface area contributed by atoms with Crippen LogP contribution in [0.25, 0.3) is 0 Å². The standard InChI is InChI=1S/C11H22O/c1-5-8-9-11(6-2,7-3)10-12-4/h5,8H,6-7,9-10H2,1-4H3/b8-5+. The van der Waals surface area contributed by atoms with E-state index in [1.165, 1.54) is 12.8 Å². The zero-order valence-corrected chi connectivity index (χ0v) is 8.89. The van der Waals surface area contributed by atoms with Gasteiger partial charge in [0.2, 0.25) is 0 Å². The summed E-state index contributed by atoms with van der Waals surface area (Å²) in [5, 5.41) is 0. The van der Waals surface area contributed by atoms with Crippen LogP contribution < -0.4 is 0 Å². The molecule has 12 heavy (non-hydrogen) atoms. The summed E-state index contributed by atoms with van der Waals surface area (Å²) in [6, 6.07) is 0. The van der Waals surface area contributed by atoms with Crippen molar-refractivity contribution in [2.45, 2.75) is 40.0 Å². The van der Waals surface area contributed by atoms with E-state index in [9.17, 15) is 0 Å². The molecule has 0 heterocycles. The van der Waals surface area contributed by atoms with Gasteiger partial charge >= 0.3 is 0 Å². The molecule has 0 saturated carbocycles. The second kappa shape index (κ2) is 6.24. The van der Waals surface area contributed by atoms with Crippen molar-refractivity contribution < 1.29 is 4.74 Å². The molecule has 0 aliphatic heterocycles. The molecule has 0 unspecified atom stereocenters. The van der Waals surface area contributed by atoms with Crippen molar-refractivity contribution in [2.75, 3.05) is 13.7 Å². The third-order valence-corrected chi connectivity index (χ3v) is 2.74. The van der Waals surface area contributed by atoms with E-state index in [-0.39, 0.29) is 0 Å². The van der Waals surface area contributed by atoms with Crippen LogP contribution in [0.2, 0.25) is 0 Å². The van der Waals surface area contributed by atoms with Crippen molar-refractivity contribution in [2.24, 2.45) is 5.41 Å². The maximum atomic E-state index is 5.25. The Morgan fingerprint density at radius 1 is 1.25 bits per heavy atom. The largest absolute Gasteiger partial charge is 0.384 e. The molecule has 0 saturated heterocycles. The van der Waals surface area contributed by atoms with Gasteiger partial charge in [-0.25, -0.2) is 0 Å². The van der Waals surface area contributed by atoms with Crippen molar-refractivity contribution in [1.29, 1.82) is 0 Å². The summed E-state index contributed by atoms with van der Waals surface area (Å²) in [6.07, 6.45) is 7.90. The van der Waals surface area contributed by atoms with Gasteiger partial charge in [-0.05, 0) is 31.6 Å². The minimum atomic E-state index is 0.376. The molecule has 0 bridgehead atoms. The number of hydrogen-bond donors (Lipinski definition) is 0.